The summed E-state index contributed by atoms with van der Waals surface area (Å²) in [6.07, 6.45) is 0. The smallest absolute Gasteiger partial charge is 0.163 e. The molecule has 0 unspecified atom stereocenters. The quantitative estimate of drug-likeness (QED) is 0.170. The summed E-state index contributed by atoms with van der Waals surface area (Å²) in [7, 11) is 0. The van der Waals surface area contributed by atoms with E-state index >= 15 is 0 Å². The number of furan rings is 1. The van der Waals surface area contributed by atoms with Gasteiger partial charge in [-0.3, -0.25) is 0 Å². The van der Waals surface area contributed by atoms with Crippen molar-refractivity contribution in [1.29, 1.82) is 5.26 Å². The standard InChI is InChI=1S/C53H32N4O/c54-33-44-49(36-21-9-3-10-22-36)55-53(56-50(44)37-23-11-4-12-24-37)48-43(35-19-7-2-8-20-35)31-38(34-17-5-1-6-18-34)32-46(48)57-45-27-15-13-25-39(45)41-29-30-42-40-26-14-16-28-47(40)58-52(42)51(41)57/h1-32H. The average molecular weight is 741 g/mol. The maximum atomic E-state index is 10.8. The highest BCUT2D eigenvalue weighted by Gasteiger charge is 2.27. The summed E-state index contributed by atoms with van der Waals surface area (Å²) in [5.41, 5.74) is 12.7. The molecule has 5 nitrogen and oxygen atoms in total. The van der Waals surface area contributed by atoms with Gasteiger partial charge in [-0.1, -0.05) is 164 Å². The van der Waals surface area contributed by atoms with E-state index in [-0.39, 0.29) is 0 Å². The van der Waals surface area contributed by atoms with E-state index in [0.29, 0.717) is 22.8 Å². The summed E-state index contributed by atoms with van der Waals surface area (Å²) in [6.45, 7) is 0. The molecule has 0 spiro atoms. The summed E-state index contributed by atoms with van der Waals surface area (Å²) in [4.78, 5) is 10.8. The van der Waals surface area contributed by atoms with Gasteiger partial charge in [0.15, 0.2) is 11.4 Å². The van der Waals surface area contributed by atoms with Gasteiger partial charge in [-0.2, -0.15) is 5.26 Å². The van der Waals surface area contributed by atoms with Gasteiger partial charge in [0.05, 0.1) is 33.7 Å². The lowest BCUT2D eigenvalue weighted by molar-refractivity contribution is 0.671. The minimum absolute atomic E-state index is 0.422. The van der Waals surface area contributed by atoms with Crippen molar-refractivity contribution in [2.24, 2.45) is 0 Å². The van der Waals surface area contributed by atoms with Crippen LogP contribution in [0, 0.1) is 11.3 Å². The first-order valence-electron chi connectivity index (χ1n) is 19.3. The summed E-state index contributed by atoms with van der Waals surface area (Å²) in [6, 6.07) is 69.0. The summed E-state index contributed by atoms with van der Waals surface area (Å²) in [5, 5.41) is 15.1. The largest absolute Gasteiger partial charge is 0.454 e. The third-order valence-corrected chi connectivity index (χ3v) is 11.1. The molecule has 0 aliphatic rings. The number of rotatable bonds is 6. The molecule has 58 heavy (non-hydrogen) atoms. The molecule has 11 rings (SSSR count). The second-order valence-electron chi connectivity index (χ2n) is 14.4. The topological polar surface area (TPSA) is 67.6 Å². The number of aromatic nitrogens is 3. The molecule has 0 fully saturated rings. The zero-order valence-electron chi connectivity index (χ0n) is 31.2. The van der Waals surface area contributed by atoms with Gasteiger partial charge in [0, 0.05) is 32.7 Å². The molecule has 11 aromatic rings. The van der Waals surface area contributed by atoms with Crippen LogP contribution >= 0.6 is 0 Å². The second kappa shape index (κ2) is 13.6. The fourth-order valence-corrected chi connectivity index (χ4v) is 8.45. The lowest BCUT2D eigenvalue weighted by Crippen LogP contribution is -2.06. The van der Waals surface area contributed by atoms with Crippen molar-refractivity contribution in [3.63, 3.8) is 0 Å². The first-order chi connectivity index (χ1) is 28.7. The van der Waals surface area contributed by atoms with Crippen molar-refractivity contribution in [2.45, 2.75) is 0 Å². The van der Waals surface area contributed by atoms with E-state index in [2.05, 4.69) is 120 Å². The highest BCUT2D eigenvalue weighted by molar-refractivity contribution is 6.22. The molecule has 0 radical (unpaired) electrons. The first-order valence-corrected chi connectivity index (χ1v) is 19.3. The number of fused-ring (bicyclic) bond motifs is 7. The van der Waals surface area contributed by atoms with Gasteiger partial charge in [-0.25, -0.2) is 9.97 Å². The van der Waals surface area contributed by atoms with Crippen LogP contribution in [0.1, 0.15) is 5.56 Å². The van der Waals surface area contributed by atoms with E-state index in [9.17, 15) is 5.26 Å². The summed E-state index contributed by atoms with van der Waals surface area (Å²) < 4.78 is 9.17. The molecule has 0 saturated carbocycles. The average Bonchev–Trinajstić information content (AvgIpc) is 3.85. The molecule has 8 aromatic carbocycles. The van der Waals surface area contributed by atoms with Gasteiger partial charge in [0.2, 0.25) is 0 Å². The Morgan fingerprint density at radius 1 is 0.466 bits per heavy atom. The molecule has 270 valence electrons. The third-order valence-electron chi connectivity index (χ3n) is 11.1. The zero-order chi connectivity index (χ0) is 38.6. The second-order valence-corrected chi connectivity index (χ2v) is 14.4. The molecule has 3 aromatic heterocycles. The molecule has 0 aliphatic carbocycles. The molecule has 0 amide bonds. The Morgan fingerprint density at radius 3 is 1.64 bits per heavy atom. The van der Waals surface area contributed by atoms with Crippen LogP contribution in [-0.4, -0.2) is 14.5 Å². The minimum Gasteiger partial charge on any atom is -0.454 e. The summed E-state index contributed by atoms with van der Waals surface area (Å²) >= 11 is 0. The predicted octanol–water partition coefficient (Wildman–Crippen LogP) is 13.7. The minimum atomic E-state index is 0.422. The van der Waals surface area contributed by atoms with E-state index in [1.54, 1.807) is 0 Å². The Labute approximate surface area is 334 Å². The maximum absolute atomic E-state index is 10.8. The summed E-state index contributed by atoms with van der Waals surface area (Å²) in [5.74, 6) is 0.507. The molecule has 0 atom stereocenters. The molecule has 0 saturated heterocycles. The van der Waals surface area contributed by atoms with Crippen molar-refractivity contribution in [1.82, 2.24) is 14.5 Å². The molecule has 0 bridgehead atoms. The Balaban J connectivity index is 1.36. The number of nitrogens with zero attached hydrogens (tertiary/aromatic N) is 4. The highest BCUT2D eigenvalue weighted by atomic mass is 16.3. The van der Waals surface area contributed by atoms with Gasteiger partial charge in [-0.05, 0) is 52.6 Å². The Hall–Kier alpha value is -8.07. The van der Waals surface area contributed by atoms with Crippen molar-refractivity contribution < 1.29 is 4.42 Å². The number of hydrogen-bond acceptors (Lipinski definition) is 4. The van der Waals surface area contributed by atoms with Crippen LogP contribution in [0.4, 0.5) is 0 Å². The zero-order valence-corrected chi connectivity index (χ0v) is 31.2. The Morgan fingerprint density at radius 2 is 1.00 bits per heavy atom. The molecule has 5 heteroatoms. The Kier molecular flexibility index (Phi) is 7.80. The molecule has 0 N–H and O–H groups in total. The molecule has 0 aliphatic heterocycles. The molecular weight excluding hydrogens is 709 g/mol. The van der Waals surface area contributed by atoms with Crippen molar-refractivity contribution in [3.05, 3.63) is 200 Å². The Bertz CT molecular complexity index is 3320. The van der Waals surface area contributed by atoms with Gasteiger partial charge in [0.25, 0.3) is 0 Å². The predicted molar refractivity (Wildman–Crippen MR) is 236 cm³/mol. The van der Waals surface area contributed by atoms with E-state index in [1.807, 2.05) is 84.9 Å². The molecule has 3 heterocycles. The highest BCUT2D eigenvalue weighted by Crippen LogP contribution is 2.46. The van der Waals surface area contributed by atoms with E-state index < -0.39 is 0 Å². The van der Waals surface area contributed by atoms with Crippen LogP contribution in [0.3, 0.4) is 0 Å². The number of benzene rings is 8. The lowest BCUT2D eigenvalue weighted by Gasteiger charge is -2.21. The monoisotopic (exact) mass is 740 g/mol. The fraction of sp³-hybridized carbons (Fsp3) is 0. The number of nitriles is 1. The van der Waals surface area contributed by atoms with E-state index in [4.69, 9.17) is 14.4 Å². The first kappa shape index (κ1) is 33.3. The maximum Gasteiger partial charge on any atom is 0.163 e. The molecular formula is C53H32N4O. The van der Waals surface area contributed by atoms with Crippen molar-refractivity contribution in [3.8, 4) is 67.9 Å². The van der Waals surface area contributed by atoms with Crippen LogP contribution in [-0.2, 0) is 0 Å². The number of para-hydroxylation sites is 2. The number of hydrogen-bond donors (Lipinski definition) is 0. The van der Waals surface area contributed by atoms with E-state index in [0.717, 1.165) is 88.4 Å². The fourth-order valence-electron chi connectivity index (χ4n) is 8.45. The SMILES string of the molecule is N#Cc1c(-c2ccccc2)nc(-c2c(-c3ccccc3)cc(-c3ccccc3)cc2-n2c3ccccc3c3ccc4c5ccccc5oc4c32)nc1-c1ccccc1. The van der Waals surface area contributed by atoms with Crippen LogP contribution in [0.25, 0.3) is 106 Å². The van der Waals surface area contributed by atoms with Crippen LogP contribution in [0.5, 0.6) is 0 Å². The van der Waals surface area contributed by atoms with Gasteiger partial charge >= 0.3 is 0 Å². The van der Waals surface area contributed by atoms with Gasteiger partial charge in [0.1, 0.15) is 17.2 Å². The van der Waals surface area contributed by atoms with Crippen LogP contribution < -0.4 is 0 Å². The van der Waals surface area contributed by atoms with Gasteiger partial charge < -0.3 is 8.98 Å². The van der Waals surface area contributed by atoms with Crippen LogP contribution in [0.15, 0.2) is 199 Å². The van der Waals surface area contributed by atoms with Crippen molar-refractivity contribution in [2.75, 3.05) is 0 Å². The third kappa shape index (κ3) is 5.31. The van der Waals surface area contributed by atoms with E-state index in [1.165, 1.54) is 0 Å². The van der Waals surface area contributed by atoms with Crippen LogP contribution in [0.2, 0.25) is 0 Å². The normalized spacial score (nSPS) is 11.4. The lowest BCUT2D eigenvalue weighted by atomic mass is 9.91. The van der Waals surface area contributed by atoms with Gasteiger partial charge in [-0.15, -0.1) is 0 Å². The van der Waals surface area contributed by atoms with Crippen molar-refractivity contribution >= 4 is 43.7 Å².